The first kappa shape index (κ1) is 18.3. The molecule has 0 radical (unpaired) electrons. The topological polar surface area (TPSA) is 55.3 Å². The number of carbonyl (C=O) groups excluding carboxylic acids is 1. The molecule has 0 saturated heterocycles. The average molecular weight is 364 g/mol. The molecular formula is C17H18ClN3O2S. The molecule has 0 atom stereocenters. The van der Waals surface area contributed by atoms with Crippen LogP contribution < -0.4 is 4.74 Å². The van der Waals surface area contributed by atoms with E-state index < -0.39 is 0 Å². The first-order valence-electron chi connectivity index (χ1n) is 7.10. The molecule has 24 heavy (non-hydrogen) atoms. The summed E-state index contributed by atoms with van der Waals surface area (Å²) in [6, 6.07) is 6.67. The number of methoxy groups -OCH3 is 1. The van der Waals surface area contributed by atoms with Crippen LogP contribution in [0, 0.1) is 0 Å². The van der Waals surface area contributed by atoms with Crippen molar-refractivity contribution < 1.29 is 9.53 Å². The number of carbonyl (C=O) groups is 1. The average Bonchev–Trinajstić information content (AvgIpc) is 2.59. The summed E-state index contributed by atoms with van der Waals surface area (Å²) in [5.41, 5.74) is 1.53. The van der Waals surface area contributed by atoms with Gasteiger partial charge in [0.15, 0.2) is 10.9 Å². The summed E-state index contributed by atoms with van der Waals surface area (Å²) < 4.78 is 5.20. The molecule has 5 nitrogen and oxygen atoms in total. The van der Waals surface area contributed by atoms with Crippen molar-refractivity contribution in [1.29, 1.82) is 0 Å². The van der Waals surface area contributed by atoms with Gasteiger partial charge in [-0.3, -0.25) is 4.79 Å². The molecule has 126 valence electrons. The van der Waals surface area contributed by atoms with Gasteiger partial charge in [-0.05, 0) is 30.5 Å². The third kappa shape index (κ3) is 4.27. The van der Waals surface area contributed by atoms with Gasteiger partial charge in [-0.2, -0.15) is 0 Å². The van der Waals surface area contributed by atoms with Crippen LogP contribution in [0.3, 0.4) is 0 Å². The fraction of sp³-hybridized carbons (Fsp3) is 0.235. The Kier molecular flexibility index (Phi) is 6.23. The van der Waals surface area contributed by atoms with E-state index >= 15 is 0 Å². The van der Waals surface area contributed by atoms with Crippen LogP contribution >= 0.6 is 23.4 Å². The van der Waals surface area contributed by atoms with Crippen LogP contribution in [-0.4, -0.2) is 48.1 Å². The number of ketones is 1. The van der Waals surface area contributed by atoms with E-state index in [0.717, 1.165) is 0 Å². The van der Waals surface area contributed by atoms with E-state index in [1.807, 2.05) is 20.4 Å². The van der Waals surface area contributed by atoms with E-state index in [-0.39, 0.29) is 5.78 Å². The summed E-state index contributed by atoms with van der Waals surface area (Å²) in [4.78, 5) is 23.4. The molecule has 7 heteroatoms. The Hall–Kier alpha value is -2.05. The summed E-state index contributed by atoms with van der Waals surface area (Å²) in [7, 11) is 5.22. The number of rotatable bonds is 6. The van der Waals surface area contributed by atoms with Crippen molar-refractivity contribution >= 4 is 34.7 Å². The van der Waals surface area contributed by atoms with Crippen LogP contribution in [0.4, 0.5) is 0 Å². The van der Waals surface area contributed by atoms with Crippen molar-refractivity contribution in [3.63, 3.8) is 0 Å². The summed E-state index contributed by atoms with van der Waals surface area (Å²) in [6.45, 7) is 0. The number of halogens is 1. The van der Waals surface area contributed by atoms with Gasteiger partial charge in [0.05, 0.1) is 23.4 Å². The minimum absolute atomic E-state index is 0.163. The zero-order valence-electron chi connectivity index (χ0n) is 13.9. The van der Waals surface area contributed by atoms with E-state index in [0.29, 0.717) is 32.8 Å². The second-order valence-electron chi connectivity index (χ2n) is 5.11. The number of allylic oxidation sites excluding steroid dienone is 1. The second-order valence-corrected chi connectivity index (χ2v) is 6.29. The van der Waals surface area contributed by atoms with Crippen molar-refractivity contribution in [2.75, 3.05) is 27.5 Å². The first-order chi connectivity index (χ1) is 11.5. The van der Waals surface area contributed by atoms with Gasteiger partial charge in [0, 0.05) is 32.1 Å². The van der Waals surface area contributed by atoms with Crippen LogP contribution in [0.15, 0.2) is 41.8 Å². The molecule has 0 unspecified atom stereocenters. The molecule has 1 heterocycles. The van der Waals surface area contributed by atoms with E-state index in [4.69, 9.17) is 16.3 Å². The Morgan fingerprint density at radius 1 is 1.33 bits per heavy atom. The maximum atomic E-state index is 13.0. The van der Waals surface area contributed by atoms with Crippen molar-refractivity contribution in [3.05, 3.63) is 52.9 Å². The Morgan fingerprint density at radius 3 is 2.71 bits per heavy atom. The third-order valence-electron chi connectivity index (χ3n) is 3.14. The van der Waals surface area contributed by atoms with Gasteiger partial charge in [-0.25, -0.2) is 9.97 Å². The van der Waals surface area contributed by atoms with Gasteiger partial charge < -0.3 is 9.64 Å². The minimum Gasteiger partial charge on any atom is -0.495 e. The quantitative estimate of drug-likeness (QED) is 0.338. The summed E-state index contributed by atoms with van der Waals surface area (Å²) >= 11 is 7.46. The zero-order valence-corrected chi connectivity index (χ0v) is 15.5. The van der Waals surface area contributed by atoms with Gasteiger partial charge in [0.2, 0.25) is 0 Å². The highest BCUT2D eigenvalue weighted by Gasteiger charge is 2.18. The zero-order chi connectivity index (χ0) is 17.7. The summed E-state index contributed by atoms with van der Waals surface area (Å²) in [5, 5.41) is 1.07. The highest BCUT2D eigenvalue weighted by Crippen LogP contribution is 2.28. The molecule has 1 aromatic carbocycles. The van der Waals surface area contributed by atoms with Crippen LogP contribution in [0.2, 0.25) is 5.02 Å². The summed E-state index contributed by atoms with van der Waals surface area (Å²) in [6.07, 6.45) is 5.28. The number of Topliss-reactive ketones (excluding diaryl/α,β-unsaturated/α-hetero) is 1. The lowest BCUT2D eigenvalue weighted by atomic mass is 10.0. The van der Waals surface area contributed by atoms with Crippen molar-refractivity contribution in [1.82, 2.24) is 14.9 Å². The number of benzene rings is 1. The minimum atomic E-state index is -0.163. The second kappa shape index (κ2) is 8.17. The highest BCUT2D eigenvalue weighted by molar-refractivity contribution is 7.98. The van der Waals surface area contributed by atoms with E-state index in [1.54, 1.807) is 41.6 Å². The first-order valence-corrected chi connectivity index (χ1v) is 8.70. The molecule has 1 aromatic heterocycles. The molecular weight excluding hydrogens is 346 g/mol. The molecule has 0 aliphatic rings. The highest BCUT2D eigenvalue weighted by atomic mass is 35.5. The Balaban J connectivity index is 2.50. The van der Waals surface area contributed by atoms with Gasteiger partial charge in [-0.1, -0.05) is 23.4 Å². The number of aromatic nitrogens is 2. The maximum absolute atomic E-state index is 13.0. The number of hydrogen-bond acceptors (Lipinski definition) is 6. The van der Waals surface area contributed by atoms with Gasteiger partial charge >= 0.3 is 0 Å². The number of nitrogens with zero attached hydrogens (tertiary/aromatic N) is 3. The Morgan fingerprint density at radius 2 is 2.08 bits per heavy atom. The van der Waals surface area contributed by atoms with Gasteiger partial charge in [-0.15, -0.1) is 0 Å². The van der Waals surface area contributed by atoms with Crippen molar-refractivity contribution in [2.45, 2.75) is 5.16 Å². The van der Waals surface area contributed by atoms with Crippen LogP contribution in [0.5, 0.6) is 5.75 Å². The molecule has 0 saturated carbocycles. The number of thioether (sulfide) groups is 1. The molecule has 0 spiro atoms. The molecule has 0 bridgehead atoms. The van der Waals surface area contributed by atoms with E-state index in [2.05, 4.69) is 9.97 Å². The standard InChI is InChI=1S/C17H18ClN3O2S/c1-21(2)10-12(14-7-8-19-17(20-14)24-4)16(22)11-5-6-13(18)15(9-11)23-3/h5-10H,1-4H3/b12-10-. The summed E-state index contributed by atoms with van der Waals surface area (Å²) in [5.74, 6) is 0.295. The number of ether oxygens (including phenoxy) is 1. The smallest absolute Gasteiger partial charge is 0.196 e. The predicted molar refractivity (Wildman–Crippen MR) is 97.8 cm³/mol. The van der Waals surface area contributed by atoms with E-state index in [1.165, 1.54) is 18.9 Å². The molecule has 0 N–H and O–H groups in total. The SMILES string of the molecule is COc1cc(C(=O)/C(=C\N(C)C)c2ccnc(SC)n2)ccc1Cl. The van der Waals surface area contributed by atoms with Gasteiger partial charge in [0.1, 0.15) is 5.75 Å². The van der Waals surface area contributed by atoms with Crippen LogP contribution in [0.25, 0.3) is 5.57 Å². The fourth-order valence-corrected chi connectivity index (χ4v) is 2.60. The lowest BCUT2D eigenvalue weighted by molar-refractivity contribution is 0.105. The monoisotopic (exact) mass is 363 g/mol. The Labute approximate surface area is 150 Å². The van der Waals surface area contributed by atoms with Crippen molar-refractivity contribution in [2.24, 2.45) is 0 Å². The molecule has 2 rings (SSSR count). The predicted octanol–water partition coefficient (Wildman–Crippen LogP) is 3.65. The maximum Gasteiger partial charge on any atom is 0.196 e. The number of hydrogen-bond donors (Lipinski definition) is 0. The Bertz CT molecular complexity index is 778. The lowest BCUT2D eigenvalue weighted by Crippen LogP contribution is -2.11. The fourth-order valence-electron chi connectivity index (χ4n) is 2.04. The van der Waals surface area contributed by atoms with Crippen molar-refractivity contribution in [3.8, 4) is 5.75 Å². The van der Waals surface area contributed by atoms with E-state index in [9.17, 15) is 4.79 Å². The molecule has 0 aliphatic carbocycles. The molecule has 0 fully saturated rings. The molecule has 2 aromatic rings. The largest absolute Gasteiger partial charge is 0.495 e. The molecule has 0 aliphatic heterocycles. The van der Waals surface area contributed by atoms with Crippen LogP contribution in [0.1, 0.15) is 16.1 Å². The molecule has 0 amide bonds. The van der Waals surface area contributed by atoms with Crippen LogP contribution in [-0.2, 0) is 0 Å². The van der Waals surface area contributed by atoms with Gasteiger partial charge in [0.25, 0.3) is 0 Å². The lowest BCUT2D eigenvalue weighted by Gasteiger charge is -2.12. The third-order valence-corrected chi connectivity index (χ3v) is 4.01. The normalized spacial score (nSPS) is 11.3.